The first-order valence-corrected chi connectivity index (χ1v) is 4.69. The molecule has 1 unspecified atom stereocenters. The molecular weight excluding hydrogens is 257 g/mol. The Kier molecular flexibility index (Phi) is 5.86. The van der Waals surface area contributed by atoms with Crippen LogP contribution in [0, 0.1) is 0 Å². The molecule has 6 nitrogen and oxygen atoms in total. The van der Waals surface area contributed by atoms with Crippen LogP contribution in [-0.4, -0.2) is 35.2 Å². The van der Waals surface area contributed by atoms with Crippen molar-refractivity contribution in [1.29, 1.82) is 0 Å². The van der Waals surface area contributed by atoms with Gasteiger partial charge < -0.3 is 10.4 Å². The Labute approximate surface area is 99.8 Å². The van der Waals surface area contributed by atoms with E-state index < -0.39 is 36.5 Å². The summed E-state index contributed by atoms with van der Waals surface area (Å²) in [5.74, 6) is -2.44. The van der Waals surface area contributed by atoms with Crippen molar-refractivity contribution < 1.29 is 32.7 Å². The van der Waals surface area contributed by atoms with Crippen LogP contribution >= 0.6 is 0 Å². The van der Waals surface area contributed by atoms with Crippen molar-refractivity contribution in [3.8, 4) is 0 Å². The molecule has 0 rings (SSSR count). The first-order chi connectivity index (χ1) is 8.10. The number of alkyl halides is 3. The summed E-state index contributed by atoms with van der Waals surface area (Å²) in [5, 5.41) is 11.7. The zero-order valence-electron chi connectivity index (χ0n) is 9.25. The number of carboxylic acid groups (broad SMARTS) is 1. The van der Waals surface area contributed by atoms with E-state index in [1.165, 1.54) is 0 Å². The minimum absolute atomic E-state index is 0.488. The second-order valence-corrected chi connectivity index (χ2v) is 3.35. The number of aliphatic carboxylic acids is 1. The summed E-state index contributed by atoms with van der Waals surface area (Å²) >= 11 is 0. The lowest BCUT2D eigenvalue weighted by Gasteiger charge is -2.15. The van der Waals surface area contributed by atoms with Gasteiger partial charge in [-0.2, -0.15) is 13.2 Å². The third kappa shape index (κ3) is 9.19. The van der Waals surface area contributed by atoms with Crippen molar-refractivity contribution in [3.05, 3.63) is 12.2 Å². The van der Waals surface area contributed by atoms with Crippen molar-refractivity contribution >= 4 is 17.9 Å². The summed E-state index contributed by atoms with van der Waals surface area (Å²) in [7, 11) is 0. The second kappa shape index (κ2) is 6.62. The molecule has 0 radical (unpaired) electrons. The van der Waals surface area contributed by atoms with E-state index in [1.54, 1.807) is 5.32 Å². The quantitative estimate of drug-likeness (QED) is 0.657. The van der Waals surface area contributed by atoms with Gasteiger partial charge in [0.1, 0.15) is 0 Å². The first kappa shape index (κ1) is 15.9. The maximum atomic E-state index is 11.9. The molecule has 0 saturated heterocycles. The van der Waals surface area contributed by atoms with Gasteiger partial charge in [0.2, 0.25) is 0 Å². The van der Waals surface area contributed by atoms with Crippen LogP contribution in [0.2, 0.25) is 0 Å². The summed E-state index contributed by atoms with van der Waals surface area (Å²) in [6.07, 6.45) is -4.61. The standard InChI is InChI=1S/C9H11F3N2O4/c1-5(4-9(10,11)12)13-8(18)14-6(15)2-3-7(16)17/h2-3,5H,4H2,1H3,(H,16,17)(H2,13,14,15,18)/b3-2+. The number of hydrogen-bond acceptors (Lipinski definition) is 3. The van der Waals surface area contributed by atoms with Crippen LogP contribution in [0.3, 0.4) is 0 Å². The highest BCUT2D eigenvalue weighted by molar-refractivity contribution is 6.02. The Morgan fingerprint density at radius 3 is 2.28 bits per heavy atom. The molecule has 18 heavy (non-hydrogen) atoms. The Balaban J connectivity index is 4.12. The molecule has 3 N–H and O–H groups in total. The topological polar surface area (TPSA) is 95.5 Å². The van der Waals surface area contributed by atoms with Crippen LogP contribution < -0.4 is 10.6 Å². The molecule has 0 fully saturated rings. The number of carbonyl (C=O) groups is 3. The predicted molar refractivity (Wildman–Crippen MR) is 53.6 cm³/mol. The lowest BCUT2D eigenvalue weighted by atomic mass is 10.2. The van der Waals surface area contributed by atoms with Gasteiger partial charge in [0.15, 0.2) is 0 Å². The van der Waals surface area contributed by atoms with Crippen LogP contribution in [0.15, 0.2) is 12.2 Å². The Hall–Kier alpha value is -2.06. The Morgan fingerprint density at radius 2 is 1.83 bits per heavy atom. The van der Waals surface area contributed by atoms with Gasteiger partial charge in [-0.1, -0.05) is 0 Å². The van der Waals surface area contributed by atoms with Crippen LogP contribution in [0.1, 0.15) is 13.3 Å². The molecule has 0 aliphatic rings. The molecule has 0 aliphatic heterocycles. The maximum Gasteiger partial charge on any atom is 0.391 e. The fourth-order valence-corrected chi connectivity index (χ4v) is 0.959. The monoisotopic (exact) mass is 268 g/mol. The summed E-state index contributed by atoms with van der Waals surface area (Å²) in [6, 6.07) is -2.34. The number of nitrogens with one attached hydrogen (secondary N) is 2. The number of halogens is 3. The number of urea groups is 1. The van der Waals surface area contributed by atoms with Crippen LogP contribution in [0.5, 0.6) is 0 Å². The van der Waals surface area contributed by atoms with E-state index in [1.807, 2.05) is 5.32 Å². The van der Waals surface area contributed by atoms with Gasteiger partial charge in [0, 0.05) is 18.2 Å². The third-order valence-corrected chi connectivity index (χ3v) is 1.53. The maximum absolute atomic E-state index is 11.9. The molecule has 3 amide bonds. The molecule has 0 bridgehead atoms. The molecule has 0 aromatic rings. The number of hydrogen-bond donors (Lipinski definition) is 3. The first-order valence-electron chi connectivity index (χ1n) is 4.69. The average molecular weight is 268 g/mol. The molecule has 0 aromatic heterocycles. The van der Waals surface area contributed by atoms with Crippen molar-refractivity contribution in [1.82, 2.24) is 10.6 Å². The van der Waals surface area contributed by atoms with E-state index in [2.05, 4.69) is 0 Å². The molecule has 0 heterocycles. The normalized spacial score (nSPS) is 13.1. The molecule has 9 heteroatoms. The summed E-state index contributed by atoms with van der Waals surface area (Å²) < 4.78 is 35.7. The number of imide groups is 1. The van der Waals surface area contributed by atoms with Gasteiger partial charge in [0.25, 0.3) is 5.91 Å². The smallest absolute Gasteiger partial charge is 0.391 e. The summed E-state index contributed by atoms with van der Waals surface area (Å²) in [5.41, 5.74) is 0. The lowest BCUT2D eigenvalue weighted by Crippen LogP contribution is -2.44. The van der Waals surface area contributed by atoms with E-state index in [9.17, 15) is 27.6 Å². The van der Waals surface area contributed by atoms with Gasteiger partial charge in [-0.15, -0.1) is 0 Å². The SMILES string of the molecule is CC(CC(F)(F)F)NC(=O)NC(=O)/C=C/C(=O)O. The van der Waals surface area contributed by atoms with Crippen molar-refractivity contribution in [2.75, 3.05) is 0 Å². The fourth-order valence-electron chi connectivity index (χ4n) is 0.959. The highest BCUT2D eigenvalue weighted by atomic mass is 19.4. The Bertz CT molecular complexity index is 365. The number of amides is 3. The molecular formula is C9H11F3N2O4. The van der Waals surface area contributed by atoms with Gasteiger partial charge in [-0.05, 0) is 6.92 Å². The summed E-state index contributed by atoms with van der Waals surface area (Å²) in [6.45, 7) is 1.12. The molecule has 1 atom stereocenters. The highest BCUT2D eigenvalue weighted by Gasteiger charge is 2.30. The fraction of sp³-hybridized carbons (Fsp3) is 0.444. The molecule has 102 valence electrons. The van der Waals surface area contributed by atoms with E-state index in [4.69, 9.17) is 5.11 Å². The van der Waals surface area contributed by atoms with Gasteiger partial charge in [-0.3, -0.25) is 10.1 Å². The van der Waals surface area contributed by atoms with E-state index >= 15 is 0 Å². The molecule has 0 aromatic carbocycles. The largest absolute Gasteiger partial charge is 0.478 e. The van der Waals surface area contributed by atoms with E-state index in [0.29, 0.717) is 12.2 Å². The van der Waals surface area contributed by atoms with E-state index in [0.717, 1.165) is 6.92 Å². The Morgan fingerprint density at radius 1 is 1.28 bits per heavy atom. The number of carbonyl (C=O) groups excluding carboxylic acids is 2. The third-order valence-electron chi connectivity index (χ3n) is 1.53. The van der Waals surface area contributed by atoms with Crippen molar-refractivity contribution in [3.63, 3.8) is 0 Å². The van der Waals surface area contributed by atoms with Crippen molar-refractivity contribution in [2.45, 2.75) is 25.6 Å². The van der Waals surface area contributed by atoms with Gasteiger partial charge >= 0.3 is 18.2 Å². The van der Waals surface area contributed by atoms with E-state index in [-0.39, 0.29) is 0 Å². The minimum Gasteiger partial charge on any atom is -0.478 e. The zero-order valence-corrected chi connectivity index (χ0v) is 9.25. The number of rotatable bonds is 4. The molecule has 0 spiro atoms. The van der Waals surface area contributed by atoms with Crippen LogP contribution in [0.4, 0.5) is 18.0 Å². The lowest BCUT2D eigenvalue weighted by molar-refractivity contribution is -0.138. The average Bonchev–Trinajstić information content (AvgIpc) is 2.10. The van der Waals surface area contributed by atoms with Gasteiger partial charge in [0.05, 0.1) is 6.42 Å². The van der Waals surface area contributed by atoms with Crippen LogP contribution in [-0.2, 0) is 9.59 Å². The second-order valence-electron chi connectivity index (χ2n) is 3.35. The van der Waals surface area contributed by atoms with Crippen LogP contribution in [0.25, 0.3) is 0 Å². The zero-order chi connectivity index (χ0) is 14.3. The molecule has 0 aliphatic carbocycles. The van der Waals surface area contributed by atoms with Crippen molar-refractivity contribution in [2.24, 2.45) is 0 Å². The highest BCUT2D eigenvalue weighted by Crippen LogP contribution is 2.21. The predicted octanol–water partition coefficient (Wildman–Crippen LogP) is 0.794. The molecule has 0 saturated carbocycles. The van der Waals surface area contributed by atoms with Gasteiger partial charge in [-0.25, -0.2) is 9.59 Å². The number of carboxylic acids is 1. The summed E-state index contributed by atoms with van der Waals surface area (Å²) in [4.78, 5) is 31.9. The minimum atomic E-state index is -4.43.